The number of ether oxygens (including phenoxy) is 1. The van der Waals surface area contributed by atoms with Crippen molar-refractivity contribution in [3.63, 3.8) is 0 Å². The minimum Gasteiger partial charge on any atom is -0.444 e. The molecule has 1 spiro atoms. The van der Waals surface area contributed by atoms with Crippen LogP contribution in [0.25, 0.3) is 11.0 Å². The van der Waals surface area contributed by atoms with Gasteiger partial charge in [-0.3, -0.25) is 4.90 Å². The van der Waals surface area contributed by atoms with E-state index in [1.54, 1.807) is 12.3 Å². The fraction of sp³-hybridized carbons (Fsp3) is 0.619. The summed E-state index contributed by atoms with van der Waals surface area (Å²) in [6, 6.07) is 4.98. The second-order valence-corrected chi connectivity index (χ2v) is 9.38. The van der Waals surface area contributed by atoms with Crippen LogP contribution in [0.3, 0.4) is 0 Å². The number of hydrogen-bond donors (Lipinski definition) is 1. The molecule has 2 saturated heterocycles. The van der Waals surface area contributed by atoms with Crippen molar-refractivity contribution in [3.8, 4) is 6.07 Å². The van der Waals surface area contributed by atoms with Crippen LogP contribution in [-0.2, 0) is 4.74 Å². The molecule has 3 fully saturated rings. The van der Waals surface area contributed by atoms with Gasteiger partial charge in [0.25, 0.3) is 0 Å². The second-order valence-electron chi connectivity index (χ2n) is 8.59. The zero-order chi connectivity index (χ0) is 19.1. The Hall–Kier alpha value is -1.62. The van der Waals surface area contributed by atoms with Crippen LogP contribution in [0.2, 0.25) is 0 Å². The van der Waals surface area contributed by atoms with E-state index in [0.717, 1.165) is 47.8 Å². The lowest BCUT2D eigenvalue weighted by Gasteiger charge is -2.56. The Labute approximate surface area is 173 Å². The van der Waals surface area contributed by atoms with Crippen LogP contribution in [0.15, 0.2) is 21.2 Å². The number of nitrogens with zero attached hydrogens (tertiary/aromatic N) is 3. The molecule has 2 aromatic heterocycles. The smallest absolute Gasteiger partial charge is 0.204 e. The highest BCUT2D eigenvalue weighted by molar-refractivity contribution is 9.10. The van der Waals surface area contributed by atoms with Crippen LogP contribution in [0.5, 0.6) is 0 Å². The van der Waals surface area contributed by atoms with Gasteiger partial charge in [0.2, 0.25) is 5.76 Å². The third-order valence-corrected chi connectivity index (χ3v) is 7.61. The van der Waals surface area contributed by atoms with E-state index in [2.05, 4.69) is 31.1 Å². The van der Waals surface area contributed by atoms with E-state index in [9.17, 15) is 0 Å². The van der Waals surface area contributed by atoms with Gasteiger partial charge in [-0.05, 0) is 54.5 Å². The molecule has 3 aliphatic rings. The SMILES string of the molecule is N#Cc1cc2c(Br)c(NC3CCC(N4CC5(CCOCC5)C4)CC3)ncc2o1. The zero-order valence-corrected chi connectivity index (χ0v) is 17.5. The number of rotatable bonds is 3. The number of halogens is 1. The molecule has 0 amide bonds. The summed E-state index contributed by atoms with van der Waals surface area (Å²) >= 11 is 3.63. The van der Waals surface area contributed by atoms with E-state index in [1.165, 1.54) is 38.8 Å². The maximum atomic E-state index is 9.03. The van der Waals surface area contributed by atoms with E-state index in [4.69, 9.17) is 14.4 Å². The predicted molar refractivity (Wildman–Crippen MR) is 110 cm³/mol. The summed E-state index contributed by atoms with van der Waals surface area (Å²) in [5, 5.41) is 13.5. The highest BCUT2D eigenvalue weighted by Gasteiger charge is 2.46. The van der Waals surface area contributed by atoms with E-state index in [-0.39, 0.29) is 0 Å². The standard InChI is InChI=1S/C21H25BrN4O2/c22-19-17-9-16(10-23)28-18(17)11-24-20(19)25-14-1-3-15(4-2-14)26-12-21(13-26)5-7-27-8-6-21/h9,11,14-15H,1-8,12-13H2,(H,24,25). The summed E-state index contributed by atoms with van der Waals surface area (Å²) in [7, 11) is 0. The summed E-state index contributed by atoms with van der Waals surface area (Å²) in [5.41, 5.74) is 1.20. The largest absolute Gasteiger partial charge is 0.444 e. The van der Waals surface area contributed by atoms with Crippen molar-refractivity contribution in [1.29, 1.82) is 5.26 Å². The molecule has 0 radical (unpaired) electrons. The average Bonchev–Trinajstić information content (AvgIpc) is 3.14. The van der Waals surface area contributed by atoms with Crippen molar-refractivity contribution in [2.24, 2.45) is 5.41 Å². The molecule has 148 valence electrons. The van der Waals surface area contributed by atoms with Crippen LogP contribution < -0.4 is 5.32 Å². The van der Waals surface area contributed by atoms with Crippen LogP contribution >= 0.6 is 15.9 Å². The Bertz CT molecular complexity index is 899. The number of nitrogens with one attached hydrogen (secondary N) is 1. The van der Waals surface area contributed by atoms with E-state index in [0.29, 0.717) is 22.8 Å². The monoisotopic (exact) mass is 444 g/mol. The summed E-state index contributed by atoms with van der Waals surface area (Å²) in [4.78, 5) is 7.21. The maximum Gasteiger partial charge on any atom is 0.204 e. The fourth-order valence-corrected chi connectivity index (χ4v) is 5.64. The number of fused-ring (bicyclic) bond motifs is 1. The number of pyridine rings is 1. The molecule has 2 aliphatic heterocycles. The first-order valence-electron chi connectivity index (χ1n) is 10.2. The molecule has 0 bridgehead atoms. The molecular weight excluding hydrogens is 420 g/mol. The van der Waals surface area contributed by atoms with Gasteiger partial charge < -0.3 is 14.5 Å². The van der Waals surface area contributed by atoms with E-state index < -0.39 is 0 Å². The molecule has 0 atom stereocenters. The molecule has 0 unspecified atom stereocenters. The lowest BCUT2D eigenvalue weighted by molar-refractivity contribution is -0.102. The second kappa shape index (κ2) is 7.33. The molecule has 5 rings (SSSR count). The van der Waals surface area contributed by atoms with Crippen molar-refractivity contribution in [2.45, 2.75) is 50.6 Å². The topological polar surface area (TPSA) is 74.3 Å². The van der Waals surface area contributed by atoms with Gasteiger partial charge in [0.15, 0.2) is 5.58 Å². The van der Waals surface area contributed by atoms with Gasteiger partial charge in [-0.2, -0.15) is 5.26 Å². The molecule has 2 aromatic rings. The number of hydrogen-bond acceptors (Lipinski definition) is 6. The van der Waals surface area contributed by atoms with Crippen LogP contribution in [0.1, 0.15) is 44.3 Å². The Morgan fingerprint density at radius 2 is 1.96 bits per heavy atom. The third kappa shape index (κ3) is 3.32. The highest BCUT2D eigenvalue weighted by atomic mass is 79.9. The number of furan rings is 1. The molecule has 28 heavy (non-hydrogen) atoms. The van der Waals surface area contributed by atoms with Gasteiger partial charge in [-0.15, -0.1) is 0 Å². The van der Waals surface area contributed by atoms with Gasteiger partial charge in [0.05, 0.1) is 10.7 Å². The molecule has 1 saturated carbocycles. The van der Waals surface area contributed by atoms with Crippen molar-refractivity contribution in [3.05, 3.63) is 22.5 Å². The van der Waals surface area contributed by atoms with Gasteiger partial charge in [0.1, 0.15) is 11.9 Å². The quantitative estimate of drug-likeness (QED) is 0.760. The molecule has 7 heteroatoms. The van der Waals surface area contributed by atoms with Gasteiger partial charge in [-0.25, -0.2) is 4.98 Å². The minimum atomic E-state index is 0.312. The molecule has 4 heterocycles. The van der Waals surface area contributed by atoms with E-state index >= 15 is 0 Å². The Morgan fingerprint density at radius 1 is 1.21 bits per heavy atom. The Kier molecular flexibility index (Phi) is 4.82. The van der Waals surface area contributed by atoms with Crippen LogP contribution in [0.4, 0.5) is 5.82 Å². The summed E-state index contributed by atoms with van der Waals surface area (Å²) in [6.07, 6.45) is 9.00. The average molecular weight is 445 g/mol. The summed E-state index contributed by atoms with van der Waals surface area (Å²) < 4.78 is 11.9. The first-order valence-corrected chi connectivity index (χ1v) is 11.0. The normalized spacial score (nSPS) is 27.4. The predicted octanol–water partition coefficient (Wildman–Crippen LogP) is 4.30. The Balaban J connectivity index is 1.17. The first kappa shape index (κ1) is 18.4. The summed E-state index contributed by atoms with van der Waals surface area (Å²) in [6.45, 7) is 4.43. The molecule has 6 nitrogen and oxygen atoms in total. The van der Waals surface area contributed by atoms with Crippen LogP contribution in [-0.4, -0.2) is 48.3 Å². The lowest BCUT2D eigenvalue weighted by Crippen LogP contribution is -2.62. The third-order valence-electron chi connectivity index (χ3n) is 6.81. The molecule has 1 aliphatic carbocycles. The van der Waals surface area contributed by atoms with E-state index in [1.807, 2.05) is 6.07 Å². The summed E-state index contributed by atoms with van der Waals surface area (Å²) in [5.74, 6) is 1.15. The fourth-order valence-electron chi connectivity index (χ4n) is 5.11. The number of nitriles is 1. The minimum absolute atomic E-state index is 0.312. The van der Waals surface area contributed by atoms with Crippen molar-refractivity contribution < 1.29 is 9.15 Å². The lowest BCUT2D eigenvalue weighted by atomic mass is 9.71. The van der Waals surface area contributed by atoms with Crippen molar-refractivity contribution in [1.82, 2.24) is 9.88 Å². The van der Waals surface area contributed by atoms with Crippen molar-refractivity contribution >= 4 is 32.7 Å². The molecule has 1 N–H and O–H groups in total. The zero-order valence-electron chi connectivity index (χ0n) is 15.9. The van der Waals surface area contributed by atoms with Crippen molar-refractivity contribution in [2.75, 3.05) is 31.6 Å². The van der Waals surface area contributed by atoms with Crippen LogP contribution in [0, 0.1) is 16.7 Å². The Morgan fingerprint density at radius 3 is 2.68 bits per heavy atom. The molecular formula is C21H25BrN4O2. The first-order chi connectivity index (χ1) is 13.7. The number of likely N-dealkylation sites (tertiary alicyclic amines) is 1. The number of aromatic nitrogens is 1. The number of anilines is 1. The van der Waals surface area contributed by atoms with Gasteiger partial charge in [-0.1, -0.05) is 0 Å². The van der Waals surface area contributed by atoms with Gasteiger partial charge >= 0.3 is 0 Å². The maximum absolute atomic E-state index is 9.03. The molecule has 0 aromatic carbocycles. The van der Waals surface area contributed by atoms with Gasteiger partial charge in [0, 0.05) is 55.3 Å². The highest BCUT2D eigenvalue weighted by Crippen LogP contribution is 2.43.